The Hall–Kier alpha value is -2.45. The molecule has 0 aliphatic carbocycles. The molecule has 1 atom stereocenters. The molecule has 3 rings (SSSR count). The van der Waals surface area contributed by atoms with Gasteiger partial charge in [0.05, 0.1) is 28.9 Å². The van der Waals surface area contributed by atoms with Gasteiger partial charge in [0.1, 0.15) is 11.1 Å². The molecule has 1 aromatic heterocycles. The number of hydrogen-bond acceptors (Lipinski definition) is 7. The van der Waals surface area contributed by atoms with Gasteiger partial charge in [-0.3, -0.25) is 4.79 Å². The number of nitrogens with one attached hydrogen (secondary N) is 1. The van der Waals surface area contributed by atoms with Crippen molar-refractivity contribution in [3.63, 3.8) is 0 Å². The van der Waals surface area contributed by atoms with Crippen molar-refractivity contribution in [2.45, 2.75) is 49.8 Å². The summed E-state index contributed by atoms with van der Waals surface area (Å²) in [4.78, 5) is 17.6. The van der Waals surface area contributed by atoms with E-state index >= 15 is 0 Å². The van der Waals surface area contributed by atoms with Gasteiger partial charge < -0.3 is 10.1 Å². The fourth-order valence-electron chi connectivity index (χ4n) is 3.47. The zero-order valence-corrected chi connectivity index (χ0v) is 21.1. The smallest absolute Gasteiger partial charge is 0.243 e. The molecule has 1 fully saturated rings. The van der Waals surface area contributed by atoms with Crippen LogP contribution in [-0.2, 0) is 19.6 Å². The summed E-state index contributed by atoms with van der Waals surface area (Å²) in [5.41, 5.74) is 4.11. The van der Waals surface area contributed by atoms with Gasteiger partial charge in [0.25, 0.3) is 0 Å². The summed E-state index contributed by atoms with van der Waals surface area (Å²) < 4.78 is 32.9. The highest BCUT2D eigenvalue weighted by Crippen LogP contribution is 2.30. The normalized spacial score (nSPS) is 15.6. The lowest BCUT2D eigenvalue weighted by Crippen LogP contribution is -2.40. The number of benzene rings is 1. The van der Waals surface area contributed by atoms with E-state index < -0.39 is 15.3 Å². The maximum Gasteiger partial charge on any atom is 0.243 e. The molecule has 0 bridgehead atoms. The Balaban J connectivity index is 1.80. The number of pyridine rings is 1. The maximum atomic E-state index is 13.1. The van der Waals surface area contributed by atoms with Crippen LogP contribution < -0.4 is 5.32 Å². The van der Waals surface area contributed by atoms with Crippen molar-refractivity contribution in [1.82, 2.24) is 9.29 Å². The highest BCUT2D eigenvalue weighted by molar-refractivity contribution is 8.00. The van der Waals surface area contributed by atoms with Gasteiger partial charge in [-0.05, 0) is 63.4 Å². The maximum absolute atomic E-state index is 13.1. The molecule has 1 aromatic carbocycles. The molecule has 0 saturated carbocycles. The summed E-state index contributed by atoms with van der Waals surface area (Å²) in [5.74, 6) is -0.305. The lowest BCUT2D eigenvalue weighted by atomic mass is 10.1. The summed E-state index contributed by atoms with van der Waals surface area (Å²) >= 11 is 1.21. The van der Waals surface area contributed by atoms with Gasteiger partial charge in [-0.15, -0.1) is 0 Å². The Bertz CT molecular complexity index is 1220. The summed E-state index contributed by atoms with van der Waals surface area (Å²) in [5, 5.41) is 12.3. The highest BCUT2D eigenvalue weighted by Gasteiger charge is 2.28. The number of anilines is 1. The molecule has 2 aromatic rings. The van der Waals surface area contributed by atoms with Gasteiger partial charge in [-0.2, -0.15) is 9.57 Å². The summed E-state index contributed by atoms with van der Waals surface area (Å²) in [7, 11) is -3.69. The summed E-state index contributed by atoms with van der Waals surface area (Å²) in [6, 6.07) is 7.05. The molecule has 33 heavy (non-hydrogen) atoms. The Morgan fingerprint density at radius 2 is 1.88 bits per heavy atom. The third-order valence-corrected chi connectivity index (χ3v) is 8.90. The quantitative estimate of drug-likeness (QED) is 0.621. The van der Waals surface area contributed by atoms with E-state index in [1.54, 1.807) is 26.0 Å². The molecule has 1 aliphatic rings. The molecule has 0 spiro atoms. The SMILES string of the molecule is Cc1ccc(NC(=O)C(C)Sc2nc(C)c(C)c(C)c2C#N)cc1S(=O)(=O)N1CCOCC1. The van der Waals surface area contributed by atoms with E-state index in [0.29, 0.717) is 48.1 Å². The van der Waals surface area contributed by atoms with Crippen molar-refractivity contribution in [3.05, 3.63) is 46.1 Å². The number of thioether (sulfide) groups is 1. The summed E-state index contributed by atoms with van der Waals surface area (Å²) in [6.45, 7) is 10.5. The summed E-state index contributed by atoms with van der Waals surface area (Å²) in [6.07, 6.45) is 0. The van der Waals surface area contributed by atoms with E-state index in [1.807, 2.05) is 20.8 Å². The monoisotopic (exact) mass is 488 g/mol. The number of aryl methyl sites for hydroxylation is 2. The Morgan fingerprint density at radius 3 is 2.52 bits per heavy atom. The number of amides is 1. The number of sulfonamides is 1. The first-order chi connectivity index (χ1) is 15.6. The van der Waals surface area contributed by atoms with Crippen LogP contribution in [0.25, 0.3) is 0 Å². The van der Waals surface area contributed by atoms with Crippen molar-refractivity contribution < 1.29 is 17.9 Å². The van der Waals surface area contributed by atoms with Gasteiger partial charge in [-0.25, -0.2) is 13.4 Å². The molecular formula is C23H28N4O4S2. The number of morpholine rings is 1. The van der Waals surface area contributed by atoms with Crippen molar-refractivity contribution in [3.8, 4) is 6.07 Å². The van der Waals surface area contributed by atoms with E-state index in [4.69, 9.17) is 4.74 Å². The fourth-order valence-corrected chi connectivity index (χ4v) is 6.14. The van der Waals surface area contributed by atoms with Crippen molar-refractivity contribution in [1.29, 1.82) is 5.26 Å². The minimum atomic E-state index is -3.69. The van der Waals surface area contributed by atoms with Gasteiger partial charge in [0.2, 0.25) is 15.9 Å². The third kappa shape index (κ3) is 5.38. The van der Waals surface area contributed by atoms with Gasteiger partial charge >= 0.3 is 0 Å². The van der Waals surface area contributed by atoms with E-state index in [0.717, 1.165) is 16.8 Å². The molecular weight excluding hydrogens is 460 g/mol. The fraction of sp³-hybridized carbons (Fsp3) is 0.435. The minimum absolute atomic E-state index is 0.167. The second kappa shape index (κ2) is 10.2. The molecule has 10 heteroatoms. The molecule has 2 heterocycles. The molecule has 0 radical (unpaired) electrons. The van der Waals surface area contributed by atoms with Crippen molar-refractivity contribution in [2.75, 3.05) is 31.6 Å². The van der Waals surface area contributed by atoms with Crippen LogP contribution in [-0.4, -0.2) is 55.2 Å². The number of carbonyl (C=O) groups excluding carboxylic acids is 1. The second-order valence-corrected chi connectivity index (χ2v) is 11.2. The van der Waals surface area contributed by atoms with E-state index in [2.05, 4.69) is 16.4 Å². The lowest BCUT2D eigenvalue weighted by Gasteiger charge is -2.27. The largest absolute Gasteiger partial charge is 0.379 e. The Labute approximate surface area is 199 Å². The van der Waals surface area contributed by atoms with Gasteiger partial charge in [-0.1, -0.05) is 17.8 Å². The van der Waals surface area contributed by atoms with Crippen LogP contribution in [0.4, 0.5) is 5.69 Å². The average molecular weight is 489 g/mol. The van der Waals surface area contributed by atoms with Crippen LogP contribution in [0.5, 0.6) is 0 Å². The van der Waals surface area contributed by atoms with Crippen LogP contribution >= 0.6 is 11.8 Å². The number of carbonyl (C=O) groups is 1. The Morgan fingerprint density at radius 1 is 1.21 bits per heavy atom. The molecule has 1 aliphatic heterocycles. The van der Waals surface area contributed by atoms with E-state index in [1.165, 1.54) is 22.1 Å². The molecule has 1 saturated heterocycles. The number of aromatic nitrogens is 1. The number of nitriles is 1. The van der Waals surface area contributed by atoms with Crippen LogP contribution in [0.15, 0.2) is 28.1 Å². The standard InChI is InChI=1S/C23H28N4O4S2/c1-14-6-7-19(12-21(14)33(29,30)27-8-10-31-11-9-27)26-22(28)18(5)32-23-20(13-24)16(3)15(2)17(4)25-23/h6-7,12,18H,8-11H2,1-5H3,(H,26,28). The Kier molecular flexibility index (Phi) is 7.80. The number of hydrogen-bond donors (Lipinski definition) is 1. The number of ether oxygens (including phenoxy) is 1. The molecule has 1 unspecified atom stereocenters. The third-order valence-electron chi connectivity index (χ3n) is 5.78. The van der Waals surface area contributed by atoms with E-state index in [-0.39, 0.29) is 10.8 Å². The molecule has 8 nitrogen and oxygen atoms in total. The second-order valence-electron chi connectivity index (χ2n) is 7.99. The topological polar surface area (TPSA) is 112 Å². The zero-order chi connectivity index (χ0) is 24.3. The zero-order valence-electron chi connectivity index (χ0n) is 19.4. The molecule has 1 amide bonds. The first kappa shape index (κ1) is 25.2. The first-order valence-corrected chi connectivity index (χ1v) is 12.9. The lowest BCUT2D eigenvalue weighted by molar-refractivity contribution is -0.115. The van der Waals surface area contributed by atoms with Gasteiger partial charge in [0.15, 0.2) is 0 Å². The van der Waals surface area contributed by atoms with Crippen LogP contribution in [0.3, 0.4) is 0 Å². The van der Waals surface area contributed by atoms with E-state index in [9.17, 15) is 18.5 Å². The number of rotatable bonds is 6. The van der Waals surface area contributed by atoms with Crippen molar-refractivity contribution in [2.24, 2.45) is 0 Å². The highest BCUT2D eigenvalue weighted by atomic mass is 32.2. The van der Waals surface area contributed by atoms with Crippen LogP contribution in [0.2, 0.25) is 0 Å². The average Bonchev–Trinajstić information content (AvgIpc) is 2.79. The van der Waals surface area contributed by atoms with Crippen LogP contribution in [0, 0.1) is 39.0 Å². The molecule has 176 valence electrons. The predicted octanol–water partition coefficient (Wildman–Crippen LogP) is 3.33. The van der Waals surface area contributed by atoms with Gasteiger partial charge in [0, 0.05) is 24.5 Å². The molecule has 1 N–H and O–H groups in total. The minimum Gasteiger partial charge on any atom is -0.379 e. The van der Waals surface area contributed by atoms with Crippen molar-refractivity contribution >= 4 is 33.4 Å². The number of nitrogens with zero attached hydrogens (tertiary/aromatic N) is 3. The van der Waals surface area contributed by atoms with Crippen LogP contribution in [0.1, 0.15) is 34.9 Å². The predicted molar refractivity (Wildman–Crippen MR) is 128 cm³/mol. The first-order valence-electron chi connectivity index (χ1n) is 10.6.